The van der Waals surface area contributed by atoms with Crippen molar-refractivity contribution in [3.05, 3.63) is 29.8 Å². The van der Waals surface area contributed by atoms with Crippen LogP contribution < -0.4 is 4.74 Å². The minimum absolute atomic E-state index is 0.178. The zero-order valence-corrected chi connectivity index (χ0v) is 13.0. The van der Waals surface area contributed by atoms with Crippen LogP contribution in [0, 0.1) is 0 Å². The molecule has 0 unspecified atom stereocenters. The highest BCUT2D eigenvalue weighted by Gasteiger charge is 2.31. The van der Waals surface area contributed by atoms with Gasteiger partial charge in [0.1, 0.15) is 11.9 Å². The van der Waals surface area contributed by atoms with Crippen LogP contribution in [0.2, 0.25) is 0 Å². The minimum atomic E-state index is -4.74. The molecule has 1 aromatic rings. The highest BCUT2D eigenvalue weighted by atomic mass is 19.4. The van der Waals surface area contributed by atoms with Gasteiger partial charge in [-0.25, -0.2) is 0 Å². The van der Waals surface area contributed by atoms with E-state index < -0.39 is 12.5 Å². The molecule has 5 nitrogen and oxygen atoms in total. The molecule has 0 saturated carbocycles. The van der Waals surface area contributed by atoms with Crippen molar-refractivity contribution >= 4 is 5.91 Å². The molecule has 1 heterocycles. The fourth-order valence-electron chi connectivity index (χ4n) is 2.37. The SMILES string of the molecule is CN1CCO[C@@H](C(=O)N(C)Cc2cccc(OC(F)(F)F)c2)C1. The lowest BCUT2D eigenvalue weighted by molar-refractivity contribution is -0.274. The lowest BCUT2D eigenvalue weighted by Crippen LogP contribution is -2.48. The van der Waals surface area contributed by atoms with Crippen LogP contribution in [-0.4, -0.2) is 62.0 Å². The second kappa shape index (κ2) is 7.18. The molecule has 1 fully saturated rings. The maximum atomic E-state index is 12.3. The Morgan fingerprint density at radius 1 is 1.48 bits per heavy atom. The molecule has 1 saturated heterocycles. The van der Waals surface area contributed by atoms with Crippen LogP contribution in [0.15, 0.2) is 24.3 Å². The van der Waals surface area contributed by atoms with Crippen LogP contribution >= 0.6 is 0 Å². The third-order valence-electron chi connectivity index (χ3n) is 3.47. The Morgan fingerprint density at radius 3 is 2.87 bits per heavy atom. The number of morpholine rings is 1. The average molecular weight is 332 g/mol. The Bertz CT molecular complexity index is 551. The first-order chi connectivity index (χ1) is 10.7. The number of nitrogens with zero attached hydrogens (tertiary/aromatic N) is 2. The van der Waals surface area contributed by atoms with Gasteiger partial charge in [0, 0.05) is 26.7 Å². The quantitative estimate of drug-likeness (QED) is 0.844. The van der Waals surface area contributed by atoms with Gasteiger partial charge in [-0.3, -0.25) is 4.79 Å². The van der Waals surface area contributed by atoms with Crippen molar-refractivity contribution in [2.75, 3.05) is 33.8 Å². The van der Waals surface area contributed by atoms with Crippen molar-refractivity contribution < 1.29 is 27.4 Å². The Morgan fingerprint density at radius 2 is 2.22 bits per heavy atom. The summed E-state index contributed by atoms with van der Waals surface area (Å²) in [6.45, 7) is 1.93. The fraction of sp³-hybridized carbons (Fsp3) is 0.533. The van der Waals surface area contributed by atoms with Crippen molar-refractivity contribution in [1.29, 1.82) is 0 Å². The molecule has 0 N–H and O–H groups in total. The number of hydrogen-bond donors (Lipinski definition) is 0. The van der Waals surface area contributed by atoms with E-state index in [4.69, 9.17) is 4.74 Å². The standard InChI is InChI=1S/C15H19F3N2O3/c1-19-6-7-22-13(10-19)14(21)20(2)9-11-4-3-5-12(8-11)23-15(16,17)18/h3-5,8,13H,6-7,9-10H2,1-2H3/t13-/m1/s1. The molecular weight excluding hydrogens is 313 g/mol. The predicted molar refractivity (Wildman–Crippen MR) is 76.8 cm³/mol. The maximum Gasteiger partial charge on any atom is 0.573 e. The molecule has 0 aromatic heterocycles. The largest absolute Gasteiger partial charge is 0.573 e. The maximum absolute atomic E-state index is 12.3. The van der Waals surface area contributed by atoms with Gasteiger partial charge >= 0.3 is 6.36 Å². The number of hydrogen-bond acceptors (Lipinski definition) is 4. The molecule has 1 aliphatic rings. The lowest BCUT2D eigenvalue weighted by Gasteiger charge is -2.31. The molecule has 1 atom stereocenters. The molecular formula is C15H19F3N2O3. The van der Waals surface area contributed by atoms with Crippen molar-refractivity contribution in [3.63, 3.8) is 0 Å². The number of amides is 1. The van der Waals surface area contributed by atoms with E-state index in [0.717, 1.165) is 6.54 Å². The number of carbonyl (C=O) groups is 1. The van der Waals surface area contributed by atoms with Gasteiger partial charge < -0.3 is 19.3 Å². The van der Waals surface area contributed by atoms with Crippen molar-refractivity contribution in [2.24, 2.45) is 0 Å². The van der Waals surface area contributed by atoms with E-state index in [1.54, 1.807) is 13.1 Å². The van der Waals surface area contributed by atoms with Crippen LogP contribution in [0.5, 0.6) is 5.75 Å². The number of rotatable bonds is 4. The zero-order valence-electron chi connectivity index (χ0n) is 13.0. The molecule has 23 heavy (non-hydrogen) atoms. The summed E-state index contributed by atoms with van der Waals surface area (Å²) in [7, 11) is 3.50. The number of carbonyl (C=O) groups excluding carboxylic acids is 1. The first-order valence-corrected chi connectivity index (χ1v) is 7.14. The summed E-state index contributed by atoms with van der Waals surface area (Å²) < 4.78 is 46.0. The smallest absolute Gasteiger partial charge is 0.406 e. The summed E-state index contributed by atoms with van der Waals surface area (Å²) in [6.07, 6.45) is -5.28. The van der Waals surface area contributed by atoms with Crippen LogP contribution in [0.4, 0.5) is 13.2 Å². The summed E-state index contributed by atoms with van der Waals surface area (Å²) in [5.41, 5.74) is 0.548. The molecule has 8 heteroatoms. The van der Waals surface area contributed by atoms with Crippen LogP contribution in [0.1, 0.15) is 5.56 Å². The molecule has 0 bridgehead atoms. The topological polar surface area (TPSA) is 42.0 Å². The summed E-state index contributed by atoms with van der Waals surface area (Å²) in [4.78, 5) is 15.8. The molecule has 1 aromatic carbocycles. The molecule has 0 aliphatic carbocycles. The number of likely N-dealkylation sites (N-methyl/N-ethyl adjacent to an activating group) is 2. The third kappa shape index (κ3) is 5.40. The summed E-state index contributed by atoms with van der Waals surface area (Å²) in [5.74, 6) is -0.497. The number of ether oxygens (including phenoxy) is 2. The summed E-state index contributed by atoms with van der Waals surface area (Å²) in [5, 5.41) is 0. The van der Waals surface area contributed by atoms with E-state index in [0.29, 0.717) is 18.7 Å². The highest BCUT2D eigenvalue weighted by molar-refractivity contribution is 5.81. The first-order valence-electron chi connectivity index (χ1n) is 7.14. The van der Waals surface area contributed by atoms with Gasteiger partial charge in [0.15, 0.2) is 0 Å². The molecule has 0 radical (unpaired) electrons. The molecule has 0 spiro atoms. The minimum Gasteiger partial charge on any atom is -0.406 e. The van der Waals surface area contributed by atoms with E-state index >= 15 is 0 Å². The van der Waals surface area contributed by atoms with E-state index in [-0.39, 0.29) is 18.2 Å². The molecule has 2 rings (SSSR count). The second-order valence-electron chi connectivity index (χ2n) is 5.51. The normalized spacial score (nSPS) is 19.4. The zero-order chi connectivity index (χ0) is 17.0. The van der Waals surface area contributed by atoms with E-state index in [1.165, 1.54) is 23.1 Å². The lowest BCUT2D eigenvalue weighted by atomic mass is 10.2. The fourth-order valence-corrected chi connectivity index (χ4v) is 2.37. The van der Waals surface area contributed by atoms with Gasteiger partial charge in [-0.1, -0.05) is 12.1 Å². The van der Waals surface area contributed by atoms with E-state index in [2.05, 4.69) is 4.74 Å². The van der Waals surface area contributed by atoms with Gasteiger partial charge in [-0.15, -0.1) is 13.2 Å². The summed E-state index contributed by atoms with van der Waals surface area (Å²) in [6, 6.07) is 5.59. The third-order valence-corrected chi connectivity index (χ3v) is 3.47. The van der Waals surface area contributed by atoms with Gasteiger partial charge in [0.25, 0.3) is 5.91 Å². The average Bonchev–Trinajstić information content (AvgIpc) is 2.45. The van der Waals surface area contributed by atoms with Gasteiger partial charge in [-0.05, 0) is 24.7 Å². The first kappa shape index (κ1) is 17.6. The van der Waals surface area contributed by atoms with E-state index in [9.17, 15) is 18.0 Å². The van der Waals surface area contributed by atoms with Crippen molar-refractivity contribution in [3.8, 4) is 5.75 Å². The second-order valence-corrected chi connectivity index (χ2v) is 5.51. The Labute approximate surface area is 132 Å². The van der Waals surface area contributed by atoms with Gasteiger partial charge in [0.05, 0.1) is 6.61 Å². The predicted octanol–water partition coefficient (Wildman–Crippen LogP) is 1.87. The molecule has 1 aliphatic heterocycles. The summed E-state index contributed by atoms with van der Waals surface area (Å²) >= 11 is 0. The van der Waals surface area contributed by atoms with Crippen molar-refractivity contribution in [2.45, 2.75) is 19.0 Å². The number of halogens is 3. The monoisotopic (exact) mass is 332 g/mol. The van der Waals surface area contributed by atoms with Crippen molar-refractivity contribution in [1.82, 2.24) is 9.80 Å². The van der Waals surface area contributed by atoms with E-state index in [1.807, 2.05) is 11.9 Å². The number of benzene rings is 1. The molecule has 128 valence electrons. The van der Waals surface area contributed by atoms with Crippen LogP contribution in [0.3, 0.4) is 0 Å². The molecule has 1 amide bonds. The highest BCUT2D eigenvalue weighted by Crippen LogP contribution is 2.23. The van der Waals surface area contributed by atoms with Crippen LogP contribution in [-0.2, 0) is 16.1 Å². The Balaban J connectivity index is 1.98. The van der Waals surface area contributed by atoms with Crippen LogP contribution in [0.25, 0.3) is 0 Å². The number of alkyl halides is 3. The van der Waals surface area contributed by atoms with Gasteiger partial charge in [0.2, 0.25) is 0 Å². The Kier molecular flexibility index (Phi) is 5.48. The van der Waals surface area contributed by atoms with Gasteiger partial charge in [-0.2, -0.15) is 0 Å². The Hall–Kier alpha value is -1.80.